The summed E-state index contributed by atoms with van der Waals surface area (Å²) >= 11 is 1.76. The molecule has 21 heavy (non-hydrogen) atoms. The van der Waals surface area contributed by atoms with Crippen LogP contribution in [-0.4, -0.2) is 23.6 Å². The van der Waals surface area contributed by atoms with Crippen molar-refractivity contribution in [2.24, 2.45) is 10.9 Å². The fourth-order valence-electron chi connectivity index (χ4n) is 2.99. The van der Waals surface area contributed by atoms with Gasteiger partial charge in [-0.15, -0.1) is 0 Å². The van der Waals surface area contributed by atoms with Gasteiger partial charge in [-0.05, 0) is 43.7 Å². The Morgan fingerprint density at radius 3 is 2.86 bits per heavy atom. The van der Waals surface area contributed by atoms with Crippen LogP contribution in [0.3, 0.4) is 0 Å². The van der Waals surface area contributed by atoms with Gasteiger partial charge in [0.15, 0.2) is 5.17 Å². The van der Waals surface area contributed by atoms with Gasteiger partial charge in [-0.3, -0.25) is 4.99 Å². The second kappa shape index (κ2) is 5.87. The first-order chi connectivity index (χ1) is 10.1. The number of rotatable bonds is 2. The van der Waals surface area contributed by atoms with Crippen LogP contribution < -0.4 is 10.1 Å². The number of amidine groups is 1. The first-order valence-corrected chi connectivity index (χ1v) is 8.42. The molecule has 0 unspecified atom stereocenters. The van der Waals surface area contributed by atoms with Gasteiger partial charge < -0.3 is 10.1 Å². The van der Waals surface area contributed by atoms with Crippen LogP contribution in [0.1, 0.15) is 32.6 Å². The Kier molecular flexibility index (Phi) is 4.11. The molecule has 5 heteroatoms. The van der Waals surface area contributed by atoms with Crippen molar-refractivity contribution in [2.45, 2.75) is 38.1 Å². The average Bonchev–Trinajstić information content (AvgIpc) is 2.87. The summed E-state index contributed by atoms with van der Waals surface area (Å²) in [6.07, 6.45) is 4.87. The Labute approximate surface area is 129 Å². The summed E-state index contributed by atoms with van der Waals surface area (Å²) in [4.78, 5) is 4.93. The predicted molar refractivity (Wildman–Crippen MR) is 86.8 cm³/mol. The normalized spacial score (nSPS) is 28.5. The summed E-state index contributed by atoms with van der Waals surface area (Å²) in [6.45, 7) is 2.32. The molecule has 0 aromatic heterocycles. The largest absolute Gasteiger partial charge is 0.494 e. The Bertz CT molecular complexity index is 553. The van der Waals surface area contributed by atoms with E-state index in [4.69, 9.17) is 9.73 Å². The van der Waals surface area contributed by atoms with E-state index in [1.165, 1.54) is 37.8 Å². The maximum absolute atomic E-state index is 13.2. The lowest BCUT2D eigenvalue weighted by Crippen LogP contribution is -2.32. The van der Waals surface area contributed by atoms with E-state index < -0.39 is 0 Å². The van der Waals surface area contributed by atoms with Crippen LogP contribution in [0.4, 0.5) is 10.1 Å². The summed E-state index contributed by atoms with van der Waals surface area (Å²) in [5.41, 5.74) is 0.888. The lowest BCUT2D eigenvalue weighted by Gasteiger charge is -2.32. The Morgan fingerprint density at radius 2 is 2.14 bits per heavy atom. The number of nitrogens with zero attached hydrogens (tertiary/aromatic N) is 1. The zero-order chi connectivity index (χ0) is 14.9. The summed E-state index contributed by atoms with van der Waals surface area (Å²) in [5.74, 6) is 2.09. The lowest BCUT2D eigenvalue weighted by atomic mass is 9.79. The minimum Gasteiger partial charge on any atom is -0.494 e. The third kappa shape index (κ3) is 3.18. The van der Waals surface area contributed by atoms with Crippen molar-refractivity contribution >= 4 is 22.6 Å². The number of nitrogens with one attached hydrogen (secondary N) is 1. The molecule has 0 bridgehead atoms. The van der Waals surface area contributed by atoms with E-state index in [2.05, 4.69) is 12.2 Å². The van der Waals surface area contributed by atoms with Crippen molar-refractivity contribution in [1.29, 1.82) is 0 Å². The van der Waals surface area contributed by atoms with Gasteiger partial charge in [-0.25, -0.2) is 4.39 Å². The average molecular weight is 308 g/mol. The van der Waals surface area contributed by atoms with Gasteiger partial charge >= 0.3 is 0 Å². The third-order valence-corrected chi connectivity index (χ3v) is 5.57. The molecule has 3 rings (SSSR count). The Morgan fingerprint density at radius 1 is 1.38 bits per heavy atom. The molecule has 3 nitrogen and oxygen atoms in total. The first kappa shape index (κ1) is 14.7. The number of anilines is 1. The van der Waals surface area contributed by atoms with Gasteiger partial charge in [0, 0.05) is 11.8 Å². The molecule has 2 aliphatic rings. The van der Waals surface area contributed by atoms with Crippen LogP contribution >= 0.6 is 11.8 Å². The van der Waals surface area contributed by atoms with Gasteiger partial charge in [0.2, 0.25) is 0 Å². The monoisotopic (exact) mass is 308 g/mol. The lowest BCUT2D eigenvalue weighted by molar-refractivity contribution is 0.273. The Balaban J connectivity index is 1.74. The molecule has 1 aromatic carbocycles. The zero-order valence-electron chi connectivity index (χ0n) is 12.5. The molecule has 1 heterocycles. The van der Waals surface area contributed by atoms with Crippen LogP contribution in [0.2, 0.25) is 0 Å². The Hall–Kier alpha value is -1.23. The number of methoxy groups -OCH3 is 1. The van der Waals surface area contributed by atoms with Crippen molar-refractivity contribution < 1.29 is 9.13 Å². The second-order valence-electron chi connectivity index (χ2n) is 6.08. The van der Waals surface area contributed by atoms with Crippen molar-refractivity contribution in [3.8, 4) is 5.75 Å². The highest BCUT2D eigenvalue weighted by Crippen LogP contribution is 2.42. The number of benzene rings is 1. The number of thioether (sulfide) groups is 1. The van der Waals surface area contributed by atoms with Gasteiger partial charge in [0.05, 0.1) is 18.3 Å². The molecular weight excluding hydrogens is 287 g/mol. The van der Waals surface area contributed by atoms with E-state index in [0.29, 0.717) is 5.75 Å². The number of hydrogen-bond acceptors (Lipinski definition) is 4. The maximum atomic E-state index is 13.2. The minimum atomic E-state index is -0.295. The summed E-state index contributed by atoms with van der Waals surface area (Å²) in [6, 6.07) is 4.52. The molecule has 0 saturated heterocycles. The van der Waals surface area contributed by atoms with Gasteiger partial charge in [0.25, 0.3) is 0 Å². The van der Waals surface area contributed by atoms with E-state index in [1.54, 1.807) is 24.9 Å². The third-order valence-electron chi connectivity index (χ3n) is 4.43. The quantitative estimate of drug-likeness (QED) is 0.884. The molecule has 1 aromatic rings. The molecule has 1 N–H and O–H groups in total. The van der Waals surface area contributed by atoms with E-state index in [9.17, 15) is 4.39 Å². The molecule has 1 fully saturated rings. The second-order valence-corrected chi connectivity index (χ2v) is 7.05. The minimum absolute atomic E-state index is 0.118. The highest BCUT2D eigenvalue weighted by Gasteiger charge is 2.38. The molecule has 114 valence electrons. The van der Waals surface area contributed by atoms with E-state index in [1.807, 2.05) is 0 Å². The van der Waals surface area contributed by atoms with Crippen molar-refractivity contribution in [3.05, 3.63) is 24.0 Å². The van der Waals surface area contributed by atoms with Gasteiger partial charge in [-0.2, -0.15) is 0 Å². The molecule has 1 aliphatic carbocycles. The first-order valence-electron chi connectivity index (χ1n) is 7.43. The molecule has 0 atom stereocenters. The highest BCUT2D eigenvalue weighted by atomic mass is 32.2. The van der Waals surface area contributed by atoms with E-state index in [0.717, 1.165) is 22.5 Å². The van der Waals surface area contributed by atoms with Crippen molar-refractivity contribution in [3.63, 3.8) is 0 Å². The van der Waals surface area contributed by atoms with Gasteiger partial charge in [-0.1, -0.05) is 18.7 Å². The summed E-state index contributed by atoms with van der Waals surface area (Å²) in [7, 11) is 1.55. The van der Waals surface area contributed by atoms with Crippen LogP contribution in [0.25, 0.3) is 0 Å². The van der Waals surface area contributed by atoms with Crippen LogP contribution in [0.15, 0.2) is 23.2 Å². The topological polar surface area (TPSA) is 33.6 Å². The number of halogens is 1. The number of hydrogen-bond donors (Lipinski definition) is 1. The van der Waals surface area contributed by atoms with E-state index in [-0.39, 0.29) is 11.4 Å². The summed E-state index contributed by atoms with van der Waals surface area (Å²) in [5, 5.41) is 4.22. The number of ether oxygens (including phenoxy) is 1. The molecular formula is C16H21FN2OS. The molecule has 1 spiro atoms. The number of aliphatic imine (C=N–C) groups is 1. The molecule has 0 amide bonds. The van der Waals surface area contributed by atoms with Crippen LogP contribution in [0.5, 0.6) is 5.75 Å². The van der Waals surface area contributed by atoms with E-state index >= 15 is 0 Å². The molecule has 0 radical (unpaired) electrons. The van der Waals surface area contributed by atoms with Crippen LogP contribution in [-0.2, 0) is 0 Å². The smallest absolute Gasteiger partial charge is 0.161 e. The maximum Gasteiger partial charge on any atom is 0.161 e. The van der Waals surface area contributed by atoms with Crippen molar-refractivity contribution in [2.75, 3.05) is 18.2 Å². The standard InChI is InChI=1S/C16H21FN2OS/c1-11-5-7-16(8-6-11)10-21-15(19-16)18-13-4-3-12(17)9-14(13)20-2/h3-4,9,11H,5-8,10H2,1-2H3,(H,18,19). The SMILES string of the molecule is COc1cc(F)ccc1NC1=NC2(CCC(C)CC2)CS1. The predicted octanol–water partition coefficient (Wildman–Crippen LogP) is 4.30. The zero-order valence-corrected chi connectivity index (χ0v) is 13.3. The van der Waals surface area contributed by atoms with Crippen LogP contribution in [0, 0.1) is 11.7 Å². The fraction of sp³-hybridized carbons (Fsp3) is 0.562. The van der Waals surface area contributed by atoms with Crippen molar-refractivity contribution in [1.82, 2.24) is 0 Å². The molecule has 1 aliphatic heterocycles. The summed E-state index contributed by atoms with van der Waals surface area (Å²) < 4.78 is 18.4. The molecule has 1 saturated carbocycles. The fourth-order valence-corrected chi connectivity index (χ4v) is 4.18. The van der Waals surface area contributed by atoms with Gasteiger partial charge in [0.1, 0.15) is 11.6 Å². The highest BCUT2D eigenvalue weighted by molar-refractivity contribution is 8.14.